The standard InChI is InChI=1S/C18H19ClN2O3S/c1-13-11-15(8-9-17(13)21-10-4-7-18(21)22)25(23,24)20-12-14-5-2-3-6-16(14)19/h2-3,5-6,8-9,11,20H,4,7,10,12H2,1H3. The molecular weight excluding hydrogens is 360 g/mol. The summed E-state index contributed by atoms with van der Waals surface area (Å²) in [6.45, 7) is 2.61. The zero-order chi connectivity index (χ0) is 18.0. The SMILES string of the molecule is Cc1cc(S(=O)(=O)NCc2ccccc2Cl)ccc1N1CCCC1=O. The maximum atomic E-state index is 12.5. The summed E-state index contributed by atoms with van der Waals surface area (Å²) in [7, 11) is -3.66. The molecule has 0 bridgehead atoms. The highest BCUT2D eigenvalue weighted by molar-refractivity contribution is 7.89. The number of anilines is 1. The topological polar surface area (TPSA) is 66.5 Å². The van der Waals surface area contributed by atoms with Crippen LogP contribution in [0.25, 0.3) is 0 Å². The molecule has 3 rings (SSSR count). The lowest BCUT2D eigenvalue weighted by molar-refractivity contribution is -0.117. The summed E-state index contributed by atoms with van der Waals surface area (Å²) in [6.07, 6.45) is 1.37. The van der Waals surface area contributed by atoms with Gasteiger partial charge in [-0.3, -0.25) is 4.79 Å². The summed E-state index contributed by atoms with van der Waals surface area (Å²) in [6, 6.07) is 11.9. The number of aryl methyl sites for hydroxylation is 1. The van der Waals surface area contributed by atoms with E-state index in [9.17, 15) is 13.2 Å². The highest BCUT2D eigenvalue weighted by atomic mass is 35.5. The summed E-state index contributed by atoms with van der Waals surface area (Å²) in [5.74, 6) is 0.0792. The van der Waals surface area contributed by atoms with E-state index in [0.29, 0.717) is 23.6 Å². The van der Waals surface area contributed by atoms with Crippen LogP contribution in [0.2, 0.25) is 5.02 Å². The molecule has 1 saturated heterocycles. The van der Waals surface area contributed by atoms with Crippen molar-refractivity contribution in [2.24, 2.45) is 0 Å². The predicted molar refractivity (Wildman–Crippen MR) is 98.2 cm³/mol. The van der Waals surface area contributed by atoms with Gasteiger partial charge in [-0.15, -0.1) is 0 Å². The molecule has 1 heterocycles. The van der Waals surface area contributed by atoms with E-state index >= 15 is 0 Å². The predicted octanol–water partition coefficient (Wildman–Crippen LogP) is 3.25. The van der Waals surface area contributed by atoms with Crippen molar-refractivity contribution in [3.05, 3.63) is 58.6 Å². The minimum atomic E-state index is -3.66. The summed E-state index contributed by atoms with van der Waals surface area (Å²) in [5.41, 5.74) is 2.24. The van der Waals surface area contributed by atoms with Crippen LogP contribution in [0.5, 0.6) is 0 Å². The molecule has 1 N–H and O–H groups in total. The number of halogens is 1. The van der Waals surface area contributed by atoms with Gasteiger partial charge in [0.2, 0.25) is 15.9 Å². The maximum absolute atomic E-state index is 12.5. The summed E-state index contributed by atoms with van der Waals surface area (Å²) >= 11 is 6.06. The molecular formula is C18H19ClN2O3S. The monoisotopic (exact) mass is 378 g/mol. The van der Waals surface area contributed by atoms with Crippen molar-refractivity contribution in [3.8, 4) is 0 Å². The van der Waals surface area contributed by atoms with Gasteiger partial charge in [0.05, 0.1) is 4.90 Å². The molecule has 2 aromatic carbocycles. The summed E-state index contributed by atoms with van der Waals surface area (Å²) < 4.78 is 27.6. The van der Waals surface area contributed by atoms with E-state index in [1.165, 1.54) is 6.07 Å². The molecule has 1 fully saturated rings. The molecule has 1 aliphatic heterocycles. The Kier molecular flexibility index (Phi) is 5.13. The van der Waals surface area contributed by atoms with Gasteiger partial charge >= 0.3 is 0 Å². The molecule has 132 valence electrons. The number of rotatable bonds is 5. The molecule has 5 nitrogen and oxygen atoms in total. The Hall–Kier alpha value is -1.89. The smallest absolute Gasteiger partial charge is 0.240 e. The molecule has 7 heteroatoms. The number of nitrogens with one attached hydrogen (secondary N) is 1. The normalized spacial score (nSPS) is 15.0. The van der Waals surface area contributed by atoms with Crippen LogP contribution >= 0.6 is 11.6 Å². The van der Waals surface area contributed by atoms with Gasteiger partial charge in [-0.2, -0.15) is 0 Å². The van der Waals surface area contributed by atoms with E-state index < -0.39 is 10.0 Å². The zero-order valence-electron chi connectivity index (χ0n) is 13.8. The molecule has 0 radical (unpaired) electrons. The molecule has 1 amide bonds. The Labute approximate surface area is 152 Å². The van der Waals surface area contributed by atoms with E-state index in [4.69, 9.17) is 11.6 Å². The Bertz CT molecular complexity index is 912. The largest absolute Gasteiger partial charge is 0.312 e. The second-order valence-corrected chi connectivity index (χ2v) is 8.19. The van der Waals surface area contributed by atoms with Gasteiger partial charge in [0.25, 0.3) is 0 Å². The van der Waals surface area contributed by atoms with Gasteiger partial charge in [-0.05, 0) is 48.7 Å². The number of benzene rings is 2. The number of carbonyl (C=O) groups is 1. The average molecular weight is 379 g/mol. The van der Waals surface area contributed by atoms with Crippen molar-refractivity contribution in [1.29, 1.82) is 0 Å². The highest BCUT2D eigenvalue weighted by Crippen LogP contribution is 2.27. The van der Waals surface area contributed by atoms with Crippen molar-refractivity contribution in [2.75, 3.05) is 11.4 Å². The third-order valence-electron chi connectivity index (χ3n) is 4.25. The fourth-order valence-corrected chi connectivity index (χ4v) is 4.19. The molecule has 1 aliphatic rings. The molecule has 0 saturated carbocycles. The zero-order valence-corrected chi connectivity index (χ0v) is 15.4. The number of carbonyl (C=O) groups excluding carboxylic acids is 1. The number of hydrogen-bond donors (Lipinski definition) is 1. The van der Waals surface area contributed by atoms with E-state index in [0.717, 1.165) is 17.7 Å². The van der Waals surface area contributed by atoms with Crippen molar-refractivity contribution in [2.45, 2.75) is 31.2 Å². The van der Waals surface area contributed by atoms with Gasteiger partial charge in [-0.1, -0.05) is 29.8 Å². The Morgan fingerprint density at radius 2 is 1.96 bits per heavy atom. The fraction of sp³-hybridized carbons (Fsp3) is 0.278. The van der Waals surface area contributed by atoms with Crippen LogP contribution in [0.4, 0.5) is 5.69 Å². The summed E-state index contributed by atoms with van der Waals surface area (Å²) in [5, 5.41) is 0.518. The van der Waals surface area contributed by atoms with Gasteiger partial charge in [0.1, 0.15) is 0 Å². The molecule has 0 aromatic heterocycles. The van der Waals surface area contributed by atoms with Crippen molar-refractivity contribution in [1.82, 2.24) is 4.72 Å². The molecule has 25 heavy (non-hydrogen) atoms. The van der Waals surface area contributed by atoms with E-state index in [2.05, 4.69) is 4.72 Å². The van der Waals surface area contributed by atoms with Crippen LogP contribution < -0.4 is 9.62 Å². The van der Waals surface area contributed by atoms with Crippen LogP contribution in [0, 0.1) is 6.92 Å². The molecule has 0 spiro atoms. The van der Waals surface area contributed by atoms with Gasteiger partial charge in [0, 0.05) is 30.2 Å². The number of nitrogens with zero attached hydrogens (tertiary/aromatic N) is 1. The number of sulfonamides is 1. The second kappa shape index (κ2) is 7.15. The first kappa shape index (κ1) is 17.9. The first-order chi connectivity index (χ1) is 11.9. The minimum absolute atomic E-state index is 0.0792. The van der Waals surface area contributed by atoms with E-state index in [1.807, 2.05) is 13.0 Å². The molecule has 2 aromatic rings. The maximum Gasteiger partial charge on any atom is 0.240 e. The highest BCUT2D eigenvalue weighted by Gasteiger charge is 2.24. The molecule has 0 atom stereocenters. The van der Waals surface area contributed by atoms with Crippen LogP contribution in [0.15, 0.2) is 47.4 Å². The Balaban J connectivity index is 1.79. The number of amides is 1. The Morgan fingerprint density at radius 1 is 1.20 bits per heavy atom. The quantitative estimate of drug-likeness (QED) is 0.868. The summed E-state index contributed by atoms with van der Waals surface area (Å²) in [4.78, 5) is 13.8. The first-order valence-corrected chi connectivity index (χ1v) is 9.89. The van der Waals surface area contributed by atoms with Gasteiger partial charge < -0.3 is 4.90 Å². The van der Waals surface area contributed by atoms with Crippen molar-refractivity contribution in [3.63, 3.8) is 0 Å². The molecule has 0 aliphatic carbocycles. The average Bonchev–Trinajstić information content (AvgIpc) is 3.00. The number of hydrogen-bond acceptors (Lipinski definition) is 3. The lowest BCUT2D eigenvalue weighted by Gasteiger charge is -2.19. The van der Waals surface area contributed by atoms with E-state index in [-0.39, 0.29) is 17.3 Å². The Morgan fingerprint density at radius 3 is 2.60 bits per heavy atom. The second-order valence-electron chi connectivity index (χ2n) is 6.01. The first-order valence-electron chi connectivity index (χ1n) is 8.02. The fourth-order valence-electron chi connectivity index (χ4n) is 2.90. The van der Waals surface area contributed by atoms with E-state index in [1.54, 1.807) is 35.2 Å². The van der Waals surface area contributed by atoms with Gasteiger partial charge in [0.15, 0.2) is 0 Å². The van der Waals surface area contributed by atoms with Crippen molar-refractivity contribution < 1.29 is 13.2 Å². The van der Waals surface area contributed by atoms with Crippen LogP contribution in [0.3, 0.4) is 0 Å². The third-order valence-corrected chi connectivity index (χ3v) is 6.02. The van der Waals surface area contributed by atoms with Crippen LogP contribution in [-0.4, -0.2) is 20.9 Å². The minimum Gasteiger partial charge on any atom is -0.312 e. The third kappa shape index (κ3) is 3.86. The molecule has 0 unspecified atom stereocenters. The van der Waals surface area contributed by atoms with Crippen LogP contribution in [0.1, 0.15) is 24.0 Å². The van der Waals surface area contributed by atoms with Crippen molar-refractivity contribution >= 4 is 33.2 Å². The lowest BCUT2D eigenvalue weighted by Crippen LogP contribution is -2.26. The van der Waals surface area contributed by atoms with Crippen LogP contribution in [-0.2, 0) is 21.4 Å². The lowest BCUT2D eigenvalue weighted by atomic mass is 10.2. The van der Waals surface area contributed by atoms with Gasteiger partial charge in [-0.25, -0.2) is 13.1 Å².